The molecule has 0 atom stereocenters. The Labute approximate surface area is 146 Å². The van der Waals surface area contributed by atoms with Crippen LogP contribution in [0.5, 0.6) is 0 Å². The van der Waals surface area contributed by atoms with Gasteiger partial charge in [0.2, 0.25) is 0 Å². The summed E-state index contributed by atoms with van der Waals surface area (Å²) in [5.41, 5.74) is 0.531. The first-order chi connectivity index (χ1) is 11.2. The second-order valence-corrected chi connectivity index (χ2v) is 6.90. The molecule has 0 radical (unpaired) electrons. The van der Waals surface area contributed by atoms with Crippen LogP contribution in [0.15, 0.2) is 12.1 Å². The summed E-state index contributed by atoms with van der Waals surface area (Å²) in [6.45, 7) is 7.88. The van der Waals surface area contributed by atoms with Crippen molar-refractivity contribution in [3.05, 3.63) is 23.0 Å². The first-order valence-electron chi connectivity index (χ1n) is 7.83. The van der Waals surface area contributed by atoms with Crippen molar-refractivity contribution in [1.82, 2.24) is 15.2 Å². The van der Waals surface area contributed by atoms with Crippen molar-refractivity contribution in [1.29, 1.82) is 0 Å². The number of rotatable bonds is 2. The van der Waals surface area contributed by atoms with Gasteiger partial charge in [0.15, 0.2) is 5.15 Å². The van der Waals surface area contributed by atoms with Gasteiger partial charge in [0.05, 0.1) is 5.69 Å². The maximum absolute atomic E-state index is 12.1. The maximum Gasteiger partial charge on any atom is 0.410 e. The average Bonchev–Trinajstić information content (AvgIpc) is 2.52. The molecule has 1 aromatic heterocycles. The number of anilines is 1. The van der Waals surface area contributed by atoms with Gasteiger partial charge < -0.3 is 19.9 Å². The van der Waals surface area contributed by atoms with E-state index >= 15 is 0 Å². The number of aromatic nitrogens is 1. The van der Waals surface area contributed by atoms with E-state index in [0.717, 1.165) is 5.69 Å². The molecule has 2 rings (SSSR count). The molecule has 0 unspecified atom stereocenters. The van der Waals surface area contributed by atoms with E-state index in [2.05, 4.69) is 10.3 Å². The molecule has 2 heterocycles. The molecule has 1 saturated heterocycles. The largest absolute Gasteiger partial charge is 0.444 e. The molecule has 1 aromatic rings. The van der Waals surface area contributed by atoms with Crippen molar-refractivity contribution < 1.29 is 14.3 Å². The summed E-state index contributed by atoms with van der Waals surface area (Å²) in [5, 5.41) is 2.79. The highest BCUT2D eigenvalue weighted by Gasteiger charge is 2.27. The number of nitrogens with zero attached hydrogens (tertiary/aromatic N) is 3. The van der Waals surface area contributed by atoms with E-state index in [4.69, 9.17) is 16.3 Å². The van der Waals surface area contributed by atoms with E-state index in [9.17, 15) is 9.59 Å². The topological polar surface area (TPSA) is 74.8 Å². The van der Waals surface area contributed by atoms with Gasteiger partial charge in [-0.3, -0.25) is 4.79 Å². The zero-order valence-corrected chi connectivity index (χ0v) is 15.2. The van der Waals surface area contributed by atoms with Gasteiger partial charge in [0.1, 0.15) is 11.3 Å². The summed E-state index contributed by atoms with van der Waals surface area (Å²) >= 11 is 6.21. The Morgan fingerprint density at radius 3 is 2.33 bits per heavy atom. The number of carbonyl (C=O) groups excluding carboxylic acids is 2. The molecule has 8 heteroatoms. The number of amides is 2. The summed E-state index contributed by atoms with van der Waals surface area (Å²) in [6.07, 6.45) is -0.304. The van der Waals surface area contributed by atoms with Crippen molar-refractivity contribution in [3.63, 3.8) is 0 Å². The molecule has 1 aliphatic rings. The molecule has 0 spiro atoms. The number of ether oxygens (including phenoxy) is 1. The minimum atomic E-state index is -0.503. The van der Waals surface area contributed by atoms with Crippen LogP contribution in [-0.2, 0) is 4.74 Å². The number of nitrogens with one attached hydrogen (secondary N) is 1. The summed E-state index contributed by atoms with van der Waals surface area (Å²) in [5.74, 6) is -0.279. The zero-order chi connectivity index (χ0) is 17.9. The minimum Gasteiger partial charge on any atom is -0.444 e. The van der Waals surface area contributed by atoms with Crippen molar-refractivity contribution in [2.45, 2.75) is 26.4 Å². The number of carbonyl (C=O) groups is 2. The molecule has 1 aliphatic heterocycles. The van der Waals surface area contributed by atoms with E-state index in [0.29, 0.717) is 26.2 Å². The Bertz CT molecular complexity index is 622. The lowest BCUT2D eigenvalue weighted by Crippen LogP contribution is -2.50. The molecule has 24 heavy (non-hydrogen) atoms. The third-order valence-corrected chi connectivity index (χ3v) is 3.84. The van der Waals surface area contributed by atoms with Gasteiger partial charge in [-0.2, -0.15) is 0 Å². The Morgan fingerprint density at radius 1 is 1.21 bits per heavy atom. The molecule has 1 fully saturated rings. The average molecular weight is 355 g/mol. The number of halogens is 1. The highest BCUT2D eigenvalue weighted by molar-refractivity contribution is 6.32. The highest BCUT2D eigenvalue weighted by atomic mass is 35.5. The fraction of sp³-hybridized carbons (Fsp3) is 0.562. The fourth-order valence-corrected chi connectivity index (χ4v) is 2.65. The molecule has 7 nitrogen and oxygen atoms in total. The Morgan fingerprint density at radius 2 is 1.83 bits per heavy atom. The van der Waals surface area contributed by atoms with E-state index in [-0.39, 0.29) is 22.8 Å². The predicted octanol–water partition coefficient (Wildman–Crippen LogP) is 2.15. The lowest BCUT2D eigenvalue weighted by molar-refractivity contribution is 0.0240. The van der Waals surface area contributed by atoms with Crippen LogP contribution in [0.25, 0.3) is 0 Å². The van der Waals surface area contributed by atoms with Crippen molar-refractivity contribution in [3.8, 4) is 0 Å². The predicted molar refractivity (Wildman–Crippen MR) is 92.7 cm³/mol. The third kappa shape index (κ3) is 4.50. The Hall–Kier alpha value is -2.02. The molecule has 132 valence electrons. The van der Waals surface area contributed by atoms with Gasteiger partial charge >= 0.3 is 6.09 Å². The number of hydrogen-bond acceptors (Lipinski definition) is 5. The molecule has 0 aliphatic carbocycles. The number of piperazine rings is 1. The Kier molecular flexibility index (Phi) is 5.54. The van der Waals surface area contributed by atoms with Crippen LogP contribution >= 0.6 is 11.6 Å². The van der Waals surface area contributed by atoms with Crippen LogP contribution in [0.4, 0.5) is 10.5 Å². The molecular formula is C16H23ClN4O3. The SMILES string of the molecule is CNC(=O)c1ccc(N2CCN(C(=O)OC(C)(C)C)CC2)c(Cl)n1. The van der Waals surface area contributed by atoms with Gasteiger partial charge in [-0.25, -0.2) is 9.78 Å². The van der Waals surface area contributed by atoms with Crippen LogP contribution in [0.2, 0.25) is 5.15 Å². The summed E-state index contributed by atoms with van der Waals surface area (Å²) < 4.78 is 5.38. The molecule has 2 amide bonds. The summed E-state index contributed by atoms with van der Waals surface area (Å²) in [4.78, 5) is 31.5. The van der Waals surface area contributed by atoms with Gasteiger partial charge in [-0.05, 0) is 32.9 Å². The van der Waals surface area contributed by atoms with Gasteiger partial charge in [-0.15, -0.1) is 0 Å². The van der Waals surface area contributed by atoms with E-state index in [1.165, 1.54) is 0 Å². The van der Waals surface area contributed by atoms with Crippen LogP contribution in [0.1, 0.15) is 31.3 Å². The van der Waals surface area contributed by atoms with Crippen molar-refractivity contribution in [2.24, 2.45) is 0 Å². The van der Waals surface area contributed by atoms with E-state index < -0.39 is 5.60 Å². The smallest absolute Gasteiger partial charge is 0.410 e. The molecular weight excluding hydrogens is 332 g/mol. The second kappa shape index (κ2) is 7.25. The van der Waals surface area contributed by atoms with Gasteiger partial charge in [-0.1, -0.05) is 11.6 Å². The lowest BCUT2D eigenvalue weighted by atomic mass is 10.2. The summed E-state index contributed by atoms with van der Waals surface area (Å²) in [7, 11) is 1.54. The normalized spacial score (nSPS) is 15.2. The molecule has 1 N–H and O–H groups in total. The van der Waals surface area contributed by atoms with Crippen molar-refractivity contribution in [2.75, 3.05) is 38.1 Å². The van der Waals surface area contributed by atoms with E-state index in [1.54, 1.807) is 24.1 Å². The fourth-order valence-electron chi connectivity index (χ4n) is 2.37. The first kappa shape index (κ1) is 18.3. The Balaban J connectivity index is 2.00. The van der Waals surface area contributed by atoms with Gasteiger partial charge in [0, 0.05) is 33.2 Å². The monoisotopic (exact) mass is 354 g/mol. The molecule has 0 aromatic carbocycles. The molecule has 0 bridgehead atoms. The van der Waals surface area contributed by atoms with Crippen LogP contribution in [0.3, 0.4) is 0 Å². The lowest BCUT2D eigenvalue weighted by Gasteiger charge is -2.36. The number of pyridine rings is 1. The highest BCUT2D eigenvalue weighted by Crippen LogP contribution is 2.25. The van der Waals surface area contributed by atoms with Crippen LogP contribution < -0.4 is 10.2 Å². The van der Waals surface area contributed by atoms with E-state index in [1.807, 2.05) is 25.7 Å². The quantitative estimate of drug-likeness (QED) is 0.824. The number of hydrogen-bond donors (Lipinski definition) is 1. The maximum atomic E-state index is 12.1. The summed E-state index contributed by atoms with van der Waals surface area (Å²) in [6, 6.07) is 3.42. The standard InChI is InChI=1S/C16H23ClN4O3/c1-16(2,3)24-15(23)21-9-7-20(8-10-21)12-6-5-11(14(22)18-4)19-13(12)17/h5-6H,7-10H2,1-4H3,(H,18,22). The third-order valence-electron chi connectivity index (χ3n) is 3.56. The zero-order valence-electron chi connectivity index (χ0n) is 14.4. The van der Waals surface area contributed by atoms with Crippen molar-refractivity contribution >= 4 is 29.3 Å². The minimum absolute atomic E-state index is 0.277. The van der Waals surface area contributed by atoms with Crippen LogP contribution in [0, 0.1) is 0 Å². The first-order valence-corrected chi connectivity index (χ1v) is 8.20. The molecule has 0 saturated carbocycles. The van der Waals surface area contributed by atoms with Gasteiger partial charge in [0.25, 0.3) is 5.91 Å². The van der Waals surface area contributed by atoms with Crippen LogP contribution in [-0.4, -0.2) is 60.7 Å². The second-order valence-electron chi connectivity index (χ2n) is 6.54.